The zero-order chi connectivity index (χ0) is 24.5. The van der Waals surface area contributed by atoms with Crippen molar-refractivity contribution in [1.82, 2.24) is 4.98 Å². The van der Waals surface area contributed by atoms with Crippen LogP contribution in [0.3, 0.4) is 0 Å². The Kier molecular flexibility index (Phi) is 7.20. The number of nitrogens with zero attached hydrogens (tertiary/aromatic N) is 1. The first-order valence-corrected chi connectivity index (χ1v) is 13.3. The molecule has 182 valence electrons. The molecular formula is C24H27F2N3O3S2. The van der Waals surface area contributed by atoms with Crippen LogP contribution in [0.2, 0.25) is 0 Å². The molecule has 10 heteroatoms. The summed E-state index contributed by atoms with van der Waals surface area (Å²) in [6.45, 7) is 7.18. The van der Waals surface area contributed by atoms with Crippen LogP contribution in [0.1, 0.15) is 31.0 Å². The monoisotopic (exact) mass is 507 g/mol. The Balaban J connectivity index is 1.61. The van der Waals surface area contributed by atoms with Crippen LogP contribution < -0.4 is 10.0 Å². The highest BCUT2D eigenvalue weighted by Gasteiger charge is 2.24. The fourth-order valence-corrected chi connectivity index (χ4v) is 6.48. The Bertz CT molecular complexity index is 1270. The molecule has 1 unspecified atom stereocenters. The van der Waals surface area contributed by atoms with E-state index in [1.807, 2.05) is 13.0 Å². The van der Waals surface area contributed by atoms with Gasteiger partial charge in [-0.3, -0.25) is 4.72 Å². The molecule has 0 radical (unpaired) electrons. The maximum absolute atomic E-state index is 14.0. The van der Waals surface area contributed by atoms with Gasteiger partial charge in [0.05, 0.1) is 15.5 Å². The first-order valence-electron chi connectivity index (χ1n) is 11.1. The summed E-state index contributed by atoms with van der Waals surface area (Å²) in [5.74, 6) is -1.46. The molecule has 0 aliphatic carbocycles. The summed E-state index contributed by atoms with van der Waals surface area (Å²) in [6, 6.07) is 8.43. The van der Waals surface area contributed by atoms with E-state index in [1.165, 1.54) is 23.5 Å². The second kappa shape index (κ2) is 9.97. The minimum absolute atomic E-state index is 0.0504. The topological polar surface area (TPSA) is 80.3 Å². The lowest BCUT2D eigenvalue weighted by Crippen LogP contribution is -2.30. The number of hydrogen-bond acceptors (Lipinski definition) is 6. The van der Waals surface area contributed by atoms with Gasteiger partial charge in [0.2, 0.25) is 0 Å². The highest BCUT2D eigenvalue weighted by atomic mass is 32.2. The summed E-state index contributed by atoms with van der Waals surface area (Å²) in [7, 11) is -4.23. The molecule has 1 aliphatic heterocycles. The zero-order valence-electron chi connectivity index (χ0n) is 19.2. The summed E-state index contributed by atoms with van der Waals surface area (Å²) < 4.78 is 61.7. The van der Waals surface area contributed by atoms with Crippen LogP contribution in [0.15, 0.2) is 41.3 Å². The van der Waals surface area contributed by atoms with Crippen LogP contribution in [0.5, 0.6) is 0 Å². The molecule has 0 saturated carbocycles. The van der Waals surface area contributed by atoms with Gasteiger partial charge in [-0.25, -0.2) is 22.2 Å². The van der Waals surface area contributed by atoms with E-state index in [1.54, 1.807) is 13.0 Å². The van der Waals surface area contributed by atoms with E-state index in [2.05, 4.69) is 21.9 Å². The van der Waals surface area contributed by atoms with Crippen LogP contribution in [0, 0.1) is 31.4 Å². The van der Waals surface area contributed by atoms with Gasteiger partial charge in [-0.1, -0.05) is 29.5 Å². The van der Waals surface area contributed by atoms with Crippen molar-refractivity contribution in [2.45, 2.75) is 44.6 Å². The average Bonchev–Trinajstić information content (AvgIpc) is 3.17. The molecule has 1 saturated heterocycles. The van der Waals surface area contributed by atoms with Gasteiger partial charge < -0.3 is 10.1 Å². The van der Waals surface area contributed by atoms with Crippen molar-refractivity contribution in [2.75, 3.05) is 23.3 Å². The van der Waals surface area contributed by atoms with Gasteiger partial charge in [0, 0.05) is 19.3 Å². The second-order valence-corrected chi connectivity index (χ2v) is 11.1. The molecule has 1 aromatic heterocycles. The van der Waals surface area contributed by atoms with Gasteiger partial charge in [0.25, 0.3) is 10.0 Å². The van der Waals surface area contributed by atoms with Crippen LogP contribution in [-0.2, 0) is 14.8 Å². The number of rotatable bonds is 7. The standard InChI is InChI=1S/C24H27F2N3O3S2/c1-14-7-8-18(13-21(14)34(30,31)29-22-19(25)5-4-6-20(22)26)23-16(3)28-24(33-23)27-15(2)17-9-11-32-12-10-17/h4-8,13,15,17,29H,9-12H2,1-3H3,(H,27,28). The average molecular weight is 508 g/mol. The predicted octanol–water partition coefficient (Wildman–Crippen LogP) is 5.73. The molecule has 0 amide bonds. The van der Waals surface area contributed by atoms with E-state index in [-0.39, 0.29) is 10.9 Å². The van der Waals surface area contributed by atoms with Crippen molar-refractivity contribution in [2.24, 2.45) is 5.92 Å². The van der Waals surface area contributed by atoms with E-state index in [4.69, 9.17) is 4.74 Å². The number of ether oxygens (including phenoxy) is 1. The molecule has 4 rings (SSSR count). The van der Waals surface area contributed by atoms with E-state index >= 15 is 0 Å². The Labute approximate surface area is 202 Å². The number of sulfonamides is 1. The van der Waals surface area contributed by atoms with E-state index in [0.29, 0.717) is 17.0 Å². The summed E-state index contributed by atoms with van der Waals surface area (Å²) >= 11 is 1.45. The number of nitrogens with one attached hydrogen (secondary N) is 2. The second-order valence-electron chi connectivity index (χ2n) is 8.50. The van der Waals surface area contributed by atoms with Crippen molar-refractivity contribution in [3.8, 4) is 10.4 Å². The number of hydrogen-bond donors (Lipinski definition) is 2. The first-order chi connectivity index (χ1) is 16.2. The summed E-state index contributed by atoms with van der Waals surface area (Å²) in [4.78, 5) is 5.42. The predicted molar refractivity (Wildman–Crippen MR) is 131 cm³/mol. The fraction of sp³-hybridized carbons (Fsp3) is 0.375. The van der Waals surface area contributed by atoms with Crippen molar-refractivity contribution in [3.05, 3.63) is 59.3 Å². The minimum atomic E-state index is -4.23. The van der Waals surface area contributed by atoms with Crippen LogP contribution in [0.25, 0.3) is 10.4 Å². The molecule has 0 bridgehead atoms. The number of halogens is 2. The highest BCUT2D eigenvalue weighted by Crippen LogP contribution is 2.36. The molecular weight excluding hydrogens is 480 g/mol. The zero-order valence-corrected chi connectivity index (χ0v) is 20.8. The lowest BCUT2D eigenvalue weighted by Gasteiger charge is -2.28. The largest absolute Gasteiger partial charge is 0.381 e. The van der Waals surface area contributed by atoms with Crippen molar-refractivity contribution in [1.29, 1.82) is 0 Å². The quantitative estimate of drug-likeness (QED) is 0.427. The molecule has 1 fully saturated rings. The Morgan fingerprint density at radius 2 is 1.79 bits per heavy atom. The van der Waals surface area contributed by atoms with Crippen LogP contribution in [0.4, 0.5) is 19.6 Å². The number of para-hydroxylation sites is 1. The van der Waals surface area contributed by atoms with Gasteiger partial charge in [0.15, 0.2) is 5.13 Å². The lowest BCUT2D eigenvalue weighted by atomic mass is 9.93. The Morgan fingerprint density at radius 3 is 2.47 bits per heavy atom. The van der Waals surface area contributed by atoms with E-state index < -0.39 is 27.3 Å². The molecule has 2 aromatic carbocycles. The summed E-state index contributed by atoms with van der Waals surface area (Å²) in [5, 5.41) is 4.25. The van der Waals surface area contributed by atoms with Gasteiger partial charge in [0.1, 0.15) is 17.3 Å². The number of benzene rings is 2. The number of anilines is 2. The third-order valence-electron chi connectivity index (χ3n) is 6.06. The normalized spacial score (nSPS) is 15.8. The lowest BCUT2D eigenvalue weighted by molar-refractivity contribution is 0.0622. The van der Waals surface area contributed by atoms with Crippen molar-refractivity contribution in [3.63, 3.8) is 0 Å². The molecule has 1 aliphatic rings. The van der Waals surface area contributed by atoms with Gasteiger partial charge >= 0.3 is 0 Å². The smallest absolute Gasteiger partial charge is 0.262 e. The van der Waals surface area contributed by atoms with Gasteiger partial charge in [-0.05, 0) is 68.9 Å². The number of thiazole rings is 1. The van der Waals surface area contributed by atoms with Crippen LogP contribution in [-0.4, -0.2) is 32.7 Å². The van der Waals surface area contributed by atoms with E-state index in [9.17, 15) is 17.2 Å². The number of aryl methyl sites for hydroxylation is 2. The third-order valence-corrected chi connectivity index (χ3v) is 8.69. The first kappa shape index (κ1) is 24.6. The molecule has 34 heavy (non-hydrogen) atoms. The Hall–Kier alpha value is -2.56. The maximum Gasteiger partial charge on any atom is 0.262 e. The fourth-order valence-electron chi connectivity index (χ4n) is 4.07. The Morgan fingerprint density at radius 1 is 1.12 bits per heavy atom. The van der Waals surface area contributed by atoms with Crippen molar-refractivity contribution < 1.29 is 21.9 Å². The SMILES string of the molecule is Cc1ccc(-c2sc(NC(C)C3CCOCC3)nc2C)cc1S(=O)(=O)Nc1c(F)cccc1F. The molecule has 6 nitrogen and oxygen atoms in total. The van der Waals surface area contributed by atoms with E-state index in [0.717, 1.165) is 53.9 Å². The molecule has 2 heterocycles. The molecule has 3 aromatic rings. The summed E-state index contributed by atoms with van der Waals surface area (Å²) in [6.07, 6.45) is 2.00. The molecule has 1 atom stereocenters. The highest BCUT2D eigenvalue weighted by molar-refractivity contribution is 7.92. The van der Waals surface area contributed by atoms with Crippen LogP contribution >= 0.6 is 11.3 Å². The van der Waals surface area contributed by atoms with Gasteiger partial charge in [-0.2, -0.15) is 0 Å². The van der Waals surface area contributed by atoms with Gasteiger partial charge in [-0.15, -0.1) is 0 Å². The molecule has 0 spiro atoms. The minimum Gasteiger partial charge on any atom is -0.381 e. The third kappa shape index (κ3) is 5.24. The molecule has 2 N–H and O–H groups in total. The number of aromatic nitrogens is 1. The van der Waals surface area contributed by atoms with Crippen molar-refractivity contribution >= 4 is 32.2 Å². The summed E-state index contributed by atoms with van der Waals surface area (Å²) in [5.41, 5.74) is 1.20. The maximum atomic E-state index is 14.0.